The van der Waals surface area contributed by atoms with Gasteiger partial charge in [0.25, 0.3) is 5.91 Å². The predicted molar refractivity (Wildman–Crippen MR) is 123 cm³/mol. The number of piperidine rings is 1. The lowest BCUT2D eigenvalue weighted by atomic mass is 9.92. The molecule has 9 heteroatoms. The fraction of sp³-hybridized carbons (Fsp3) is 0.409. The Kier molecular flexibility index (Phi) is 8.59. The molecule has 2 aromatic rings. The summed E-state index contributed by atoms with van der Waals surface area (Å²) in [6.45, 7) is 6.78. The summed E-state index contributed by atoms with van der Waals surface area (Å²) >= 11 is 0. The summed E-state index contributed by atoms with van der Waals surface area (Å²) in [6.07, 6.45) is 1.74. The average molecular weight is 470 g/mol. The van der Waals surface area contributed by atoms with Crippen LogP contribution in [0.4, 0.5) is 10.1 Å². The van der Waals surface area contributed by atoms with Crippen LogP contribution in [0.15, 0.2) is 41.3 Å². The largest absolute Gasteiger partial charge is 0.322 e. The molecule has 170 valence electrons. The van der Waals surface area contributed by atoms with Crippen LogP contribution in [0, 0.1) is 25.6 Å². The van der Waals surface area contributed by atoms with Gasteiger partial charge >= 0.3 is 0 Å². The van der Waals surface area contributed by atoms with Gasteiger partial charge in [0.15, 0.2) is 0 Å². The minimum Gasteiger partial charge on any atom is -0.322 e. The van der Waals surface area contributed by atoms with Crippen LogP contribution in [-0.2, 0) is 10.0 Å². The lowest BCUT2D eigenvalue weighted by molar-refractivity contribution is 0.102. The summed E-state index contributed by atoms with van der Waals surface area (Å²) in [6, 6.07) is 9.41. The number of rotatable bonds is 6. The van der Waals surface area contributed by atoms with E-state index in [9.17, 15) is 13.2 Å². The zero-order valence-electron chi connectivity index (χ0n) is 17.9. The number of anilines is 1. The van der Waals surface area contributed by atoms with Crippen LogP contribution < -0.4 is 15.4 Å². The van der Waals surface area contributed by atoms with Gasteiger partial charge in [0.1, 0.15) is 10.7 Å². The third-order valence-corrected chi connectivity index (χ3v) is 7.29. The van der Waals surface area contributed by atoms with Crippen molar-refractivity contribution in [2.24, 2.45) is 5.92 Å². The summed E-state index contributed by atoms with van der Waals surface area (Å²) in [5, 5.41) is 5.92. The second kappa shape index (κ2) is 10.5. The molecule has 1 heterocycles. The number of aryl methyl sites for hydroxylation is 1. The Morgan fingerprint density at radius 3 is 2.42 bits per heavy atom. The van der Waals surface area contributed by atoms with Gasteiger partial charge in [0, 0.05) is 22.9 Å². The second-order valence-electron chi connectivity index (χ2n) is 7.82. The molecule has 0 radical (unpaired) electrons. The normalized spacial score (nSPS) is 15.7. The summed E-state index contributed by atoms with van der Waals surface area (Å²) in [5.41, 5.74) is 1.59. The van der Waals surface area contributed by atoms with Crippen molar-refractivity contribution < 1.29 is 17.6 Å². The average Bonchev–Trinajstić information content (AvgIpc) is 2.72. The standard InChI is InChI=1S/C22H28FN3O3S.ClH/c1-14-6-4-5-7-18(14)22(27)25-19-8-9-20(21(23)15(19)2)30(28,29)26-16(3)17-10-12-24-13-11-17;/h4-9,16-17,24,26H,10-13H2,1-3H3,(H,25,27);1H/t16-;/m1./s1. The van der Waals surface area contributed by atoms with Gasteiger partial charge in [-0.05, 0) is 76.4 Å². The minimum absolute atomic E-state index is 0. The first-order valence-corrected chi connectivity index (χ1v) is 11.6. The Balaban J connectivity index is 0.00000341. The molecule has 0 unspecified atom stereocenters. The number of carbonyl (C=O) groups is 1. The number of sulfonamides is 1. The van der Waals surface area contributed by atoms with Gasteiger partial charge in [-0.25, -0.2) is 17.5 Å². The van der Waals surface area contributed by atoms with E-state index in [4.69, 9.17) is 0 Å². The number of hydrogen-bond acceptors (Lipinski definition) is 4. The molecule has 1 saturated heterocycles. The maximum absolute atomic E-state index is 15.0. The minimum atomic E-state index is -4.02. The van der Waals surface area contributed by atoms with Crippen molar-refractivity contribution in [2.45, 2.75) is 44.6 Å². The first-order valence-electron chi connectivity index (χ1n) is 10.1. The molecule has 1 atom stereocenters. The molecule has 1 aliphatic rings. The molecule has 0 bridgehead atoms. The van der Waals surface area contributed by atoms with E-state index in [-0.39, 0.29) is 41.5 Å². The zero-order valence-corrected chi connectivity index (χ0v) is 19.5. The number of hydrogen-bond donors (Lipinski definition) is 3. The summed E-state index contributed by atoms with van der Waals surface area (Å²) in [7, 11) is -4.02. The van der Waals surface area contributed by atoms with Crippen molar-refractivity contribution in [2.75, 3.05) is 18.4 Å². The van der Waals surface area contributed by atoms with Crippen LogP contribution in [0.3, 0.4) is 0 Å². The third-order valence-electron chi connectivity index (χ3n) is 5.71. The molecule has 0 aromatic heterocycles. The number of carbonyl (C=O) groups excluding carboxylic acids is 1. The van der Waals surface area contributed by atoms with Gasteiger partial charge in [0.2, 0.25) is 10.0 Å². The topological polar surface area (TPSA) is 87.3 Å². The van der Waals surface area contributed by atoms with Gasteiger partial charge in [-0.3, -0.25) is 4.79 Å². The Bertz CT molecular complexity index is 1040. The highest BCUT2D eigenvalue weighted by Gasteiger charge is 2.28. The molecule has 1 amide bonds. The predicted octanol–water partition coefficient (Wildman–Crippen LogP) is 3.78. The van der Waals surface area contributed by atoms with Gasteiger partial charge < -0.3 is 10.6 Å². The van der Waals surface area contributed by atoms with Crippen LogP contribution in [0.1, 0.15) is 41.3 Å². The van der Waals surface area contributed by atoms with E-state index < -0.39 is 20.7 Å². The molecule has 6 nitrogen and oxygen atoms in total. The third kappa shape index (κ3) is 5.83. The fourth-order valence-corrected chi connectivity index (χ4v) is 5.21. The molecular formula is C22H29ClFN3O3S. The van der Waals surface area contributed by atoms with E-state index in [2.05, 4.69) is 15.4 Å². The first-order chi connectivity index (χ1) is 14.2. The van der Waals surface area contributed by atoms with Gasteiger partial charge in [0.05, 0.1) is 0 Å². The maximum atomic E-state index is 15.0. The van der Waals surface area contributed by atoms with E-state index in [1.54, 1.807) is 12.1 Å². The summed E-state index contributed by atoms with van der Waals surface area (Å²) < 4.78 is 43.2. The Morgan fingerprint density at radius 1 is 1.13 bits per heavy atom. The SMILES string of the molecule is Cc1ccccc1C(=O)Nc1ccc(S(=O)(=O)N[C@H](C)C2CCNCC2)c(F)c1C.Cl. The van der Waals surface area contributed by atoms with Crippen LogP contribution in [0.25, 0.3) is 0 Å². The molecule has 0 saturated carbocycles. The number of nitrogens with one attached hydrogen (secondary N) is 3. The fourth-order valence-electron chi connectivity index (χ4n) is 3.77. The van der Waals surface area contributed by atoms with Gasteiger partial charge in [-0.1, -0.05) is 18.2 Å². The second-order valence-corrected chi connectivity index (χ2v) is 9.50. The monoisotopic (exact) mass is 469 g/mol. The van der Waals surface area contributed by atoms with Crippen LogP contribution in [-0.4, -0.2) is 33.5 Å². The summed E-state index contributed by atoms with van der Waals surface area (Å²) in [5.74, 6) is -1.02. The number of amides is 1. The van der Waals surface area contributed by atoms with E-state index in [1.165, 1.54) is 19.1 Å². The quantitative estimate of drug-likeness (QED) is 0.600. The molecule has 3 rings (SSSR count). The van der Waals surface area contributed by atoms with E-state index in [1.807, 2.05) is 26.0 Å². The Hall–Kier alpha value is -2.00. The van der Waals surface area contributed by atoms with Crippen LogP contribution >= 0.6 is 12.4 Å². The van der Waals surface area contributed by atoms with Crippen molar-refractivity contribution in [3.8, 4) is 0 Å². The number of benzene rings is 2. The molecule has 0 aliphatic carbocycles. The van der Waals surface area contributed by atoms with E-state index in [0.29, 0.717) is 5.56 Å². The van der Waals surface area contributed by atoms with Crippen molar-refractivity contribution in [1.29, 1.82) is 0 Å². The zero-order chi connectivity index (χ0) is 21.9. The highest BCUT2D eigenvalue weighted by Crippen LogP contribution is 2.26. The smallest absolute Gasteiger partial charge is 0.255 e. The van der Waals surface area contributed by atoms with Crippen molar-refractivity contribution >= 4 is 34.0 Å². The molecule has 2 aromatic carbocycles. The van der Waals surface area contributed by atoms with Crippen LogP contribution in [0.2, 0.25) is 0 Å². The lowest BCUT2D eigenvalue weighted by Crippen LogP contribution is -2.42. The molecule has 31 heavy (non-hydrogen) atoms. The Morgan fingerprint density at radius 2 is 1.77 bits per heavy atom. The molecule has 0 spiro atoms. The number of halogens is 2. The van der Waals surface area contributed by atoms with E-state index in [0.717, 1.165) is 31.5 Å². The van der Waals surface area contributed by atoms with Crippen molar-refractivity contribution in [3.05, 3.63) is 58.9 Å². The highest BCUT2D eigenvalue weighted by molar-refractivity contribution is 7.89. The van der Waals surface area contributed by atoms with Crippen molar-refractivity contribution in [1.82, 2.24) is 10.0 Å². The Labute approximate surface area is 189 Å². The highest BCUT2D eigenvalue weighted by atomic mass is 35.5. The molecule has 1 fully saturated rings. The van der Waals surface area contributed by atoms with Gasteiger partial charge in [-0.15, -0.1) is 12.4 Å². The first kappa shape index (κ1) is 25.3. The maximum Gasteiger partial charge on any atom is 0.255 e. The lowest BCUT2D eigenvalue weighted by Gasteiger charge is -2.28. The van der Waals surface area contributed by atoms with Crippen LogP contribution in [0.5, 0.6) is 0 Å². The van der Waals surface area contributed by atoms with Gasteiger partial charge in [-0.2, -0.15) is 0 Å². The molecular weight excluding hydrogens is 441 g/mol. The molecule has 3 N–H and O–H groups in total. The summed E-state index contributed by atoms with van der Waals surface area (Å²) in [4.78, 5) is 12.1. The van der Waals surface area contributed by atoms with E-state index >= 15 is 4.39 Å². The van der Waals surface area contributed by atoms with Crippen molar-refractivity contribution in [3.63, 3.8) is 0 Å². The molecule has 1 aliphatic heterocycles.